The molecule has 1 amide bonds. The first kappa shape index (κ1) is 22.0. The van der Waals surface area contributed by atoms with Gasteiger partial charge in [0, 0.05) is 16.6 Å². The first-order valence-corrected chi connectivity index (χ1v) is 10.5. The number of benzene rings is 2. The Bertz CT molecular complexity index is 961. The second-order valence-corrected chi connectivity index (χ2v) is 8.29. The predicted octanol–water partition coefficient (Wildman–Crippen LogP) is 3.69. The number of ether oxygens (including phenoxy) is 2. The molecule has 2 rings (SSSR count). The third kappa shape index (κ3) is 5.37. The molecule has 0 heterocycles. The van der Waals surface area contributed by atoms with Crippen molar-refractivity contribution >= 4 is 33.2 Å². The Hall–Kier alpha value is -2.29. The summed E-state index contributed by atoms with van der Waals surface area (Å²) in [5.41, 5.74) is 0.521. The number of amides is 1. The zero-order chi connectivity index (χ0) is 20.9. The van der Waals surface area contributed by atoms with E-state index in [-0.39, 0.29) is 28.9 Å². The molecule has 2 aromatic rings. The zero-order valence-electron chi connectivity index (χ0n) is 16.1. The van der Waals surface area contributed by atoms with Gasteiger partial charge in [0.1, 0.15) is 16.4 Å². The first-order valence-electron chi connectivity index (χ1n) is 8.62. The highest BCUT2D eigenvalue weighted by atomic mass is 35.5. The second-order valence-electron chi connectivity index (χ2n) is 6.17. The van der Waals surface area contributed by atoms with Crippen LogP contribution in [0.5, 0.6) is 11.5 Å². The van der Waals surface area contributed by atoms with Gasteiger partial charge in [-0.3, -0.25) is 4.79 Å². The molecule has 0 aromatic heterocycles. The van der Waals surface area contributed by atoms with Gasteiger partial charge in [-0.2, -0.15) is 0 Å². The van der Waals surface area contributed by atoms with Crippen LogP contribution in [-0.2, 0) is 10.0 Å². The molecule has 0 saturated carbocycles. The fraction of sp³-hybridized carbons (Fsp3) is 0.316. The van der Waals surface area contributed by atoms with Gasteiger partial charge in [0.25, 0.3) is 5.91 Å². The average Bonchev–Trinajstić information content (AvgIpc) is 2.61. The Morgan fingerprint density at radius 2 is 1.82 bits per heavy atom. The van der Waals surface area contributed by atoms with Gasteiger partial charge in [-0.1, -0.05) is 11.6 Å². The van der Waals surface area contributed by atoms with Gasteiger partial charge in [0.05, 0.1) is 19.4 Å². The summed E-state index contributed by atoms with van der Waals surface area (Å²) in [7, 11) is -2.39. The normalized spacial score (nSPS) is 11.4. The summed E-state index contributed by atoms with van der Waals surface area (Å²) in [5.74, 6) is 0.0927. The minimum absolute atomic E-state index is 0.103. The highest BCUT2D eigenvalue weighted by molar-refractivity contribution is 7.89. The number of rotatable bonds is 8. The molecule has 0 aliphatic heterocycles. The van der Waals surface area contributed by atoms with Crippen molar-refractivity contribution in [3.8, 4) is 11.5 Å². The monoisotopic (exact) mass is 426 g/mol. The summed E-state index contributed by atoms with van der Waals surface area (Å²) in [4.78, 5) is 12.6. The lowest BCUT2D eigenvalue weighted by molar-refractivity contribution is 0.102. The molecule has 0 aliphatic rings. The average molecular weight is 427 g/mol. The van der Waals surface area contributed by atoms with Crippen molar-refractivity contribution in [1.29, 1.82) is 0 Å². The maximum absolute atomic E-state index is 12.7. The fourth-order valence-electron chi connectivity index (χ4n) is 2.48. The van der Waals surface area contributed by atoms with Crippen LogP contribution >= 0.6 is 11.6 Å². The van der Waals surface area contributed by atoms with Crippen LogP contribution in [0.25, 0.3) is 0 Å². The number of hydrogen-bond acceptors (Lipinski definition) is 5. The van der Waals surface area contributed by atoms with Crippen LogP contribution in [0.4, 0.5) is 5.69 Å². The van der Waals surface area contributed by atoms with Crippen LogP contribution in [0.3, 0.4) is 0 Å². The van der Waals surface area contributed by atoms with E-state index in [0.29, 0.717) is 16.5 Å². The number of methoxy groups -OCH3 is 1. The van der Waals surface area contributed by atoms with E-state index in [9.17, 15) is 13.2 Å². The molecule has 2 aromatic carbocycles. The maximum Gasteiger partial charge on any atom is 0.255 e. The molecule has 0 unspecified atom stereocenters. The number of sulfonamides is 1. The SMILES string of the molecule is CCOc1ccc(C(=O)Nc2cc(Cl)ccc2OC)cc1S(=O)(=O)NC(C)C. The number of carbonyl (C=O) groups is 1. The van der Waals surface area contributed by atoms with E-state index in [1.54, 1.807) is 39.0 Å². The molecule has 152 valence electrons. The molecular formula is C19H23ClN2O5S. The third-order valence-electron chi connectivity index (χ3n) is 3.60. The molecule has 9 heteroatoms. The number of nitrogens with one attached hydrogen (secondary N) is 2. The summed E-state index contributed by atoms with van der Waals surface area (Å²) in [6, 6.07) is 8.72. The number of anilines is 1. The van der Waals surface area contributed by atoms with Crippen molar-refractivity contribution in [2.75, 3.05) is 19.0 Å². The molecule has 2 N–H and O–H groups in total. The van der Waals surface area contributed by atoms with E-state index in [2.05, 4.69) is 10.0 Å². The third-order valence-corrected chi connectivity index (χ3v) is 5.51. The lowest BCUT2D eigenvalue weighted by Crippen LogP contribution is -2.30. The lowest BCUT2D eigenvalue weighted by Gasteiger charge is -2.15. The van der Waals surface area contributed by atoms with Crippen molar-refractivity contribution in [3.05, 3.63) is 47.0 Å². The summed E-state index contributed by atoms with van der Waals surface area (Å²) in [6.07, 6.45) is 0. The van der Waals surface area contributed by atoms with E-state index in [4.69, 9.17) is 21.1 Å². The van der Waals surface area contributed by atoms with Crippen LogP contribution in [-0.4, -0.2) is 34.1 Å². The molecule has 0 saturated heterocycles. The molecule has 0 spiro atoms. The van der Waals surface area contributed by atoms with Crippen molar-refractivity contribution in [1.82, 2.24) is 4.72 Å². The van der Waals surface area contributed by atoms with Crippen molar-refractivity contribution in [2.45, 2.75) is 31.7 Å². The summed E-state index contributed by atoms with van der Waals surface area (Å²) < 4.78 is 38.4. The molecule has 7 nitrogen and oxygen atoms in total. The van der Waals surface area contributed by atoms with Gasteiger partial charge in [-0.05, 0) is 57.2 Å². The van der Waals surface area contributed by atoms with E-state index in [0.717, 1.165) is 0 Å². The van der Waals surface area contributed by atoms with Gasteiger partial charge >= 0.3 is 0 Å². The zero-order valence-corrected chi connectivity index (χ0v) is 17.6. The van der Waals surface area contributed by atoms with E-state index >= 15 is 0 Å². The summed E-state index contributed by atoms with van der Waals surface area (Å²) in [5, 5.41) is 3.11. The Balaban J connectivity index is 2.42. The Morgan fingerprint density at radius 3 is 2.43 bits per heavy atom. The maximum atomic E-state index is 12.7. The molecule has 0 radical (unpaired) electrons. The molecule has 0 aliphatic carbocycles. The number of hydrogen-bond donors (Lipinski definition) is 2. The highest BCUT2D eigenvalue weighted by Crippen LogP contribution is 2.29. The predicted molar refractivity (Wildman–Crippen MR) is 109 cm³/mol. The van der Waals surface area contributed by atoms with Gasteiger partial charge in [0.15, 0.2) is 0 Å². The fourth-order valence-corrected chi connectivity index (χ4v) is 4.07. The van der Waals surface area contributed by atoms with E-state index in [1.165, 1.54) is 25.3 Å². The van der Waals surface area contributed by atoms with Crippen LogP contribution < -0.4 is 19.5 Å². The molecule has 0 atom stereocenters. The van der Waals surface area contributed by atoms with E-state index < -0.39 is 15.9 Å². The number of halogens is 1. The molecular weight excluding hydrogens is 404 g/mol. The van der Waals surface area contributed by atoms with Crippen LogP contribution in [0, 0.1) is 0 Å². The molecule has 0 bridgehead atoms. The Kier molecular flexibility index (Phi) is 7.29. The van der Waals surface area contributed by atoms with Crippen molar-refractivity contribution < 1.29 is 22.7 Å². The first-order chi connectivity index (χ1) is 13.2. The van der Waals surface area contributed by atoms with Crippen molar-refractivity contribution in [2.24, 2.45) is 0 Å². The standard InChI is InChI=1S/C19H23ClN2O5S/c1-5-27-17-8-6-13(10-18(17)28(24,25)22-12(2)3)19(23)21-15-11-14(20)7-9-16(15)26-4/h6-12,22H,5H2,1-4H3,(H,21,23). The Morgan fingerprint density at radius 1 is 1.14 bits per heavy atom. The molecule has 28 heavy (non-hydrogen) atoms. The second kappa shape index (κ2) is 9.27. The largest absolute Gasteiger partial charge is 0.495 e. The Labute approximate surface area is 170 Å². The van der Waals surface area contributed by atoms with Gasteiger partial charge in [-0.25, -0.2) is 13.1 Å². The number of carbonyl (C=O) groups excluding carboxylic acids is 1. The minimum Gasteiger partial charge on any atom is -0.495 e. The van der Waals surface area contributed by atoms with E-state index in [1.807, 2.05) is 0 Å². The van der Waals surface area contributed by atoms with Gasteiger partial charge < -0.3 is 14.8 Å². The van der Waals surface area contributed by atoms with Gasteiger partial charge in [-0.15, -0.1) is 0 Å². The summed E-state index contributed by atoms with van der Waals surface area (Å²) in [6.45, 7) is 5.45. The highest BCUT2D eigenvalue weighted by Gasteiger charge is 2.23. The molecule has 0 fully saturated rings. The quantitative estimate of drug-likeness (QED) is 0.671. The topological polar surface area (TPSA) is 93.7 Å². The smallest absolute Gasteiger partial charge is 0.255 e. The van der Waals surface area contributed by atoms with Crippen molar-refractivity contribution in [3.63, 3.8) is 0 Å². The van der Waals surface area contributed by atoms with Crippen LogP contribution in [0.1, 0.15) is 31.1 Å². The summed E-state index contributed by atoms with van der Waals surface area (Å²) >= 11 is 5.98. The van der Waals surface area contributed by atoms with Crippen LogP contribution in [0.2, 0.25) is 5.02 Å². The van der Waals surface area contributed by atoms with Crippen LogP contribution in [0.15, 0.2) is 41.3 Å². The minimum atomic E-state index is -3.86. The lowest BCUT2D eigenvalue weighted by atomic mass is 10.2. The van der Waals surface area contributed by atoms with Gasteiger partial charge in [0.2, 0.25) is 10.0 Å².